The number of rotatable bonds is 13. The summed E-state index contributed by atoms with van der Waals surface area (Å²) in [5.41, 5.74) is 1.20. The molecule has 0 fully saturated rings. The SMILES string of the molecule is CCCCCCCCCCCCCCN1C(=O)c2cscc2C1=O. The van der Waals surface area contributed by atoms with Gasteiger partial charge in [0, 0.05) is 17.3 Å². The lowest BCUT2D eigenvalue weighted by atomic mass is 10.1. The molecule has 0 unspecified atom stereocenters. The molecule has 1 aliphatic heterocycles. The Kier molecular flexibility index (Phi) is 8.51. The summed E-state index contributed by atoms with van der Waals surface area (Å²) in [6.07, 6.45) is 15.5. The van der Waals surface area contributed by atoms with Crippen LogP contribution in [0.1, 0.15) is 105 Å². The van der Waals surface area contributed by atoms with Crippen molar-refractivity contribution in [1.29, 1.82) is 0 Å². The minimum Gasteiger partial charge on any atom is -0.274 e. The summed E-state index contributed by atoms with van der Waals surface area (Å²) in [5.74, 6) is -0.196. The first-order chi connectivity index (χ1) is 11.8. The van der Waals surface area contributed by atoms with Crippen molar-refractivity contribution >= 4 is 23.2 Å². The third kappa shape index (κ3) is 5.44. The van der Waals surface area contributed by atoms with Gasteiger partial charge in [0.15, 0.2) is 0 Å². The monoisotopic (exact) mass is 349 g/mol. The van der Waals surface area contributed by atoms with E-state index in [1.807, 2.05) is 0 Å². The van der Waals surface area contributed by atoms with Gasteiger partial charge in [-0.05, 0) is 6.42 Å². The topological polar surface area (TPSA) is 37.4 Å². The Morgan fingerprint density at radius 1 is 0.708 bits per heavy atom. The van der Waals surface area contributed by atoms with E-state index in [0.29, 0.717) is 17.7 Å². The maximum absolute atomic E-state index is 12.1. The van der Waals surface area contributed by atoms with E-state index in [1.54, 1.807) is 10.8 Å². The second-order valence-corrected chi connectivity index (χ2v) is 7.59. The van der Waals surface area contributed by atoms with Gasteiger partial charge in [0.2, 0.25) is 0 Å². The van der Waals surface area contributed by atoms with Crippen molar-refractivity contribution in [1.82, 2.24) is 4.90 Å². The maximum atomic E-state index is 12.1. The van der Waals surface area contributed by atoms with Crippen molar-refractivity contribution in [3.05, 3.63) is 21.9 Å². The number of amides is 2. The molecule has 4 heteroatoms. The van der Waals surface area contributed by atoms with Crippen LogP contribution >= 0.6 is 11.3 Å². The number of fused-ring (bicyclic) bond motifs is 1. The number of imide groups is 1. The Bertz CT molecular complexity index is 493. The molecule has 24 heavy (non-hydrogen) atoms. The molecule has 1 aromatic heterocycles. The van der Waals surface area contributed by atoms with Gasteiger partial charge in [-0.15, -0.1) is 0 Å². The van der Waals surface area contributed by atoms with Crippen molar-refractivity contribution in [2.45, 2.75) is 84.0 Å². The fourth-order valence-electron chi connectivity index (χ4n) is 3.33. The van der Waals surface area contributed by atoms with E-state index in [0.717, 1.165) is 12.8 Å². The fraction of sp³-hybridized carbons (Fsp3) is 0.700. The number of thiophene rings is 1. The molecule has 0 saturated heterocycles. The summed E-state index contributed by atoms with van der Waals surface area (Å²) in [6, 6.07) is 0. The van der Waals surface area contributed by atoms with Crippen molar-refractivity contribution in [3.8, 4) is 0 Å². The Balaban J connectivity index is 1.44. The van der Waals surface area contributed by atoms with Crippen molar-refractivity contribution in [2.75, 3.05) is 6.54 Å². The van der Waals surface area contributed by atoms with Crippen molar-refractivity contribution in [3.63, 3.8) is 0 Å². The third-order valence-electron chi connectivity index (χ3n) is 4.85. The van der Waals surface area contributed by atoms with E-state index in [-0.39, 0.29) is 11.8 Å². The largest absolute Gasteiger partial charge is 0.274 e. The predicted molar refractivity (Wildman–Crippen MR) is 101 cm³/mol. The fourth-order valence-corrected chi connectivity index (χ4v) is 4.12. The number of carbonyl (C=O) groups excluding carboxylic acids is 2. The highest BCUT2D eigenvalue weighted by Gasteiger charge is 2.35. The minimum atomic E-state index is -0.0978. The molecule has 0 spiro atoms. The number of nitrogens with zero attached hydrogens (tertiary/aromatic N) is 1. The molecule has 134 valence electrons. The highest BCUT2D eigenvalue weighted by atomic mass is 32.1. The molecule has 0 N–H and O–H groups in total. The zero-order valence-electron chi connectivity index (χ0n) is 15.0. The zero-order chi connectivity index (χ0) is 17.2. The Morgan fingerprint density at radius 2 is 1.12 bits per heavy atom. The van der Waals surface area contributed by atoms with Crippen LogP contribution in [0.25, 0.3) is 0 Å². The first-order valence-electron chi connectivity index (χ1n) is 9.68. The first kappa shape index (κ1) is 19.2. The minimum absolute atomic E-state index is 0.0978. The van der Waals surface area contributed by atoms with Crippen LogP contribution in [0.2, 0.25) is 0 Å². The van der Waals surface area contributed by atoms with E-state index >= 15 is 0 Å². The van der Waals surface area contributed by atoms with Gasteiger partial charge < -0.3 is 0 Å². The molecule has 3 nitrogen and oxygen atoms in total. The van der Waals surface area contributed by atoms with Gasteiger partial charge in [-0.25, -0.2) is 0 Å². The molecule has 0 bridgehead atoms. The highest BCUT2D eigenvalue weighted by Crippen LogP contribution is 2.26. The molecule has 2 amide bonds. The van der Waals surface area contributed by atoms with E-state index < -0.39 is 0 Å². The van der Waals surface area contributed by atoms with Crippen LogP contribution in [0, 0.1) is 0 Å². The van der Waals surface area contributed by atoms with E-state index in [1.165, 1.54) is 80.4 Å². The summed E-state index contributed by atoms with van der Waals surface area (Å²) in [5, 5.41) is 3.58. The molecule has 2 heterocycles. The molecule has 2 rings (SSSR count). The molecule has 0 aliphatic carbocycles. The molecular weight excluding hydrogens is 318 g/mol. The predicted octanol–water partition coefficient (Wildman–Crippen LogP) is 6.05. The first-order valence-corrected chi connectivity index (χ1v) is 10.6. The van der Waals surface area contributed by atoms with Crippen LogP contribution in [-0.2, 0) is 0 Å². The summed E-state index contributed by atoms with van der Waals surface area (Å²) in [7, 11) is 0. The number of hydrogen-bond acceptors (Lipinski definition) is 3. The van der Waals surface area contributed by atoms with Crippen LogP contribution in [0.4, 0.5) is 0 Å². The van der Waals surface area contributed by atoms with Crippen LogP contribution in [-0.4, -0.2) is 23.3 Å². The second-order valence-electron chi connectivity index (χ2n) is 6.85. The van der Waals surface area contributed by atoms with Crippen LogP contribution < -0.4 is 0 Å². The highest BCUT2D eigenvalue weighted by molar-refractivity contribution is 7.08. The Morgan fingerprint density at radius 3 is 1.58 bits per heavy atom. The van der Waals surface area contributed by atoms with Crippen LogP contribution in [0.15, 0.2) is 10.8 Å². The molecule has 0 saturated carbocycles. The molecular formula is C20H31NO2S. The van der Waals surface area contributed by atoms with Crippen LogP contribution in [0.5, 0.6) is 0 Å². The van der Waals surface area contributed by atoms with E-state index in [9.17, 15) is 9.59 Å². The zero-order valence-corrected chi connectivity index (χ0v) is 15.8. The smallest absolute Gasteiger partial charge is 0.262 e. The lowest BCUT2D eigenvalue weighted by Crippen LogP contribution is -2.30. The van der Waals surface area contributed by atoms with Gasteiger partial charge in [0.05, 0.1) is 11.1 Å². The number of unbranched alkanes of at least 4 members (excludes halogenated alkanes) is 11. The quantitative estimate of drug-likeness (QED) is 0.321. The van der Waals surface area contributed by atoms with Gasteiger partial charge in [0.25, 0.3) is 11.8 Å². The normalized spacial score (nSPS) is 13.8. The van der Waals surface area contributed by atoms with Gasteiger partial charge in [-0.1, -0.05) is 77.6 Å². The average Bonchev–Trinajstić information content (AvgIpc) is 3.15. The summed E-state index contributed by atoms with van der Waals surface area (Å²) < 4.78 is 0. The maximum Gasteiger partial charge on any atom is 0.262 e. The number of hydrogen-bond donors (Lipinski definition) is 0. The summed E-state index contributed by atoms with van der Waals surface area (Å²) >= 11 is 1.43. The summed E-state index contributed by atoms with van der Waals surface area (Å²) in [6.45, 7) is 2.84. The molecule has 1 aliphatic rings. The average molecular weight is 350 g/mol. The van der Waals surface area contributed by atoms with Crippen molar-refractivity contribution in [2.24, 2.45) is 0 Å². The second kappa shape index (κ2) is 10.7. The Hall–Kier alpha value is -1.16. The number of carbonyl (C=O) groups is 2. The van der Waals surface area contributed by atoms with Crippen LogP contribution in [0.3, 0.4) is 0 Å². The standard InChI is InChI=1S/C20H31NO2S/c1-2-3-4-5-6-7-8-9-10-11-12-13-14-21-19(22)17-15-24-16-18(17)20(21)23/h15-16H,2-14H2,1H3. The van der Waals surface area contributed by atoms with Gasteiger partial charge in [0.1, 0.15) is 0 Å². The van der Waals surface area contributed by atoms with E-state index in [4.69, 9.17) is 0 Å². The molecule has 1 aromatic rings. The molecule has 0 aromatic carbocycles. The Labute approximate surface area is 150 Å². The van der Waals surface area contributed by atoms with Gasteiger partial charge in [-0.2, -0.15) is 11.3 Å². The summed E-state index contributed by atoms with van der Waals surface area (Å²) in [4.78, 5) is 25.6. The lowest BCUT2D eigenvalue weighted by molar-refractivity contribution is 0.0651. The van der Waals surface area contributed by atoms with Gasteiger partial charge in [-0.3, -0.25) is 14.5 Å². The van der Waals surface area contributed by atoms with Gasteiger partial charge >= 0.3 is 0 Å². The lowest BCUT2D eigenvalue weighted by Gasteiger charge is -2.13. The van der Waals surface area contributed by atoms with E-state index in [2.05, 4.69) is 6.92 Å². The third-order valence-corrected chi connectivity index (χ3v) is 5.59. The molecule has 0 atom stereocenters. The molecule has 0 radical (unpaired) electrons. The van der Waals surface area contributed by atoms with Crippen molar-refractivity contribution < 1.29 is 9.59 Å².